The molecule has 2 rings (SSSR count). The molecule has 0 radical (unpaired) electrons. The first-order valence-corrected chi connectivity index (χ1v) is 7.42. The Labute approximate surface area is 113 Å². The number of nitrogens with zero attached hydrogens (tertiary/aromatic N) is 1. The van der Waals surface area contributed by atoms with E-state index in [9.17, 15) is 4.79 Å². The Bertz CT molecular complexity index is 396. The van der Waals surface area contributed by atoms with Gasteiger partial charge in [-0.05, 0) is 38.4 Å². The Hall–Kier alpha value is -0.710. The molecule has 0 aromatic carbocycles. The molecule has 1 aliphatic rings. The molecule has 1 fully saturated rings. The van der Waals surface area contributed by atoms with Crippen LogP contribution in [0.2, 0.25) is 0 Å². The zero-order valence-corrected chi connectivity index (χ0v) is 12.0. The van der Waals surface area contributed by atoms with Crippen molar-refractivity contribution in [3.63, 3.8) is 0 Å². The largest absolute Gasteiger partial charge is 0.377 e. The zero-order valence-electron chi connectivity index (χ0n) is 11.1. The van der Waals surface area contributed by atoms with Crippen LogP contribution in [-0.2, 0) is 11.2 Å². The Balaban J connectivity index is 1.82. The smallest absolute Gasteiger partial charge is 0.186 e. The molecule has 1 aliphatic heterocycles. The van der Waals surface area contributed by atoms with Crippen molar-refractivity contribution in [2.24, 2.45) is 0 Å². The number of hydrogen-bond donors (Lipinski definition) is 0. The van der Waals surface area contributed by atoms with Crippen LogP contribution in [0.3, 0.4) is 0 Å². The predicted octanol–water partition coefficient (Wildman–Crippen LogP) is 2.60. The van der Waals surface area contributed by atoms with E-state index in [1.54, 1.807) is 11.3 Å². The van der Waals surface area contributed by atoms with Gasteiger partial charge in [0, 0.05) is 18.0 Å². The average Bonchev–Trinajstić information content (AvgIpc) is 2.98. The van der Waals surface area contributed by atoms with Crippen LogP contribution in [0.25, 0.3) is 0 Å². The molecule has 3 nitrogen and oxygen atoms in total. The molecule has 2 heterocycles. The first-order valence-electron chi connectivity index (χ1n) is 6.61. The third-order valence-corrected chi connectivity index (χ3v) is 4.51. The summed E-state index contributed by atoms with van der Waals surface area (Å²) in [6, 6.07) is 4.00. The molecule has 0 aliphatic carbocycles. The molecule has 0 amide bonds. The van der Waals surface area contributed by atoms with Crippen LogP contribution in [0, 0.1) is 0 Å². The normalized spacial score (nSPS) is 19.6. The third-order valence-electron chi connectivity index (χ3n) is 3.24. The van der Waals surface area contributed by atoms with Gasteiger partial charge in [0.25, 0.3) is 0 Å². The van der Waals surface area contributed by atoms with Gasteiger partial charge >= 0.3 is 0 Å². The highest BCUT2D eigenvalue weighted by Crippen LogP contribution is 2.18. The van der Waals surface area contributed by atoms with Gasteiger partial charge in [0.05, 0.1) is 17.5 Å². The summed E-state index contributed by atoms with van der Waals surface area (Å²) in [6.45, 7) is 4.34. The SMILES string of the molecule is CCc1ccc(C(=O)CN(C)CC2CCCO2)s1. The van der Waals surface area contributed by atoms with Crippen LogP contribution in [-0.4, -0.2) is 43.5 Å². The second-order valence-electron chi connectivity index (χ2n) is 4.87. The Morgan fingerprint density at radius 3 is 3.00 bits per heavy atom. The van der Waals surface area contributed by atoms with Crippen LogP contribution in [0.15, 0.2) is 12.1 Å². The maximum Gasteiger partial charge on any atom is 0.186 e. The van der Waals surface area contributed by atoms with Gasteiger partial charge in [-0.25, -0.2) is 0 Å². The number of carbonyl (C=O) groups excluding carboxylic acids is 1. The molecule has 0 spiro atoms. The quantitative estimate of drug-likeness (QED) is 0.742. The molecule has 0 bridgehead atoms. The fraction of sp³-hybridized carbons (Fsp3) is 0.643. The second-order valence-corrected chi connectivity index (χ2v) is 6.04. The molecule has 4 heteroatoms. The van der Waals surface area contributed by atoms with Crippen molar-refractivity contribution in [2.75, 3.05) is 26.7 Å². The van der Waals surface area contributed by atoms with Gasteiger partial charge in [0.15, 0.2) is 5.78 Å². The summed E-state index contributed by atoms with van der Waals surface area (Å²) in [7, 11) is 1.99. The molecular formula is C14H21NO2S. The Morgan fingerprint density at radius 1 is 1.56 bits per heavy atom. The fourth-order valence-corrected chi connectivity index (χ4v) is 3.12. The van der Waals surface area contributed by atoms with E-state index in [4.69, 9.17) is 4.74 Å². The highest BCUT2D eigenvalue weighted by atomic mass is 32.1. The molecule has 1 atom stereocenters. The predicted molar refractivity (Wildman–Crippen MR) is 74.5 cm³/mol. The molecule has 1 aromatic rings. The highest BCUT2D eigenvalue weighted by Gasteiger charge is 2.19. The minimum Gasteiger partial charge on any atom is -0.377 e. The van der Waals surface area contributed by atoms with Crippen LogP contribution >= 0.6 is 11.3 Å². The first kappa shape index (κ1) is 13.7. The summed E-state index contributed by atoms with van der Waals surface area (Å²) >= 11 is 1.62. The summed E-state index contributed by atoms with van der Waals surface area (Å²) in [5, 5.41) is 0. The lowest BCUT2D eigenvalue weighted by atomic mass is 10.2. The summed E-state index contributed by atoms with van der Waals surface area (Å²) < 4.78 is 5.58. The number of ether oxygens (including phenoxy) is 1. The van der Waals surface area contributed by atoms with Crippen LogP contribution < -0.4 is 0 Å². The number of aryl methyl sites for hydroxylation is 1. The lowest BCUT2D eigenvalue weighted by molar-refractivity contribution is 0.0742. The first-order chi connectivity index (χ1) is 8.69. The van der Waals surface area contributed by atoms with Crippen LogP contribution in [0.5, 0.6) is 0 Å². The molecule has 1 unspecified atom stereocenters. The molecule has 0 N–H and O–H groups in total. The fourth-order valence-electron chi connectivity index (χ4n) is 2.24. The molecule has 0 saturated carbocycles. The highest BCUT2D eigenvalue weighted by molar-refractivity contribution is 7.14. The minimum atomic E-state index is 0.222. The van der Waals surface area contributed by atoms with E-state index in [1.165, 1.54) is 4.88 Å². The van der Waals surface area contributed by atoms with E-state index in [0.29, 0.717) is 12.6 Å². The summed E-state index contributed by atoms with van der Waals surface area (Å²) in [5.41, 5.74) is 0. The maximum atomic E-state index is 12.1. The van der Waals surface area contributed by atoms with Gasteiger partial charge in [-0.2, -0.15) is 0 Å². The number of hydrogen-bond acceptors (Lipinski definition) is 4. The van der Waals surface area contributed by atoms with Crippen molar-refractivity contribution in [2.45, 2.75) is 32.3 Å². The molecular weight excluding hydrogens is 246 g/mol. The average molecular weight is 267 g/mol. The molecule has 18 heavy (non-hydrogen) atoms. The number of carbonyl (C=O) groups is 1. The summed E-state index contributed by atoms with van der Waals surface area (Å²) in [4.78, 5) is 16.3. The van der Waals surface area contributed by atoms with E-state index >= 15 is 0 Å². The van der Waals surface area contributed by atoms with Crippen molar-refractivity contribution < 1.29 is 9.53 Å². The molecule has 100 valence electrons. The van der Waals surface area contributed by atoms with Gasteiger partial charge in [0.1, 0.15) is 0 Å². The van der Waals surface area contributed by atoms with Gasteiger partial charge in [-0.3, -0.25) is 9.69 Å². The van der Waals surface area contributed by atoms with E-state index in [1.807, 2.05) is 13.1 Å². The van der Waals surface area contributed by atoms with Crippen molar-refractivity contribution in [3.8, 4) is 0 Å². The zero-order chi connectivity index (χ0) is 13.0. The van der Waals surface area contributed by atoms with Gasteiger partial charge in [0.2, 0.25) is 0 Å². The summed E-state index contributed by atoms with van der Waals surface area (Å²) in [6.07, 6.45) is 3.59. The Kier molecular flexibility index (Phi) is 4.92. The number of ketones is 1. The van der Waals surface area contributed by atoms with Crippen molar-refractivity contribution in [3.05, 3.63) is 21.9 Å². The monoisotopic (exact) mass is 267 g/mol. The Morgan fingerprint density at radius 2 is 2.39 bits per heavy atom. The number of thiophene rings is 1. The van der Waals surface area contributed by atoms with Crippen molar-refractivity contribution in [1.82, 2.24) is 4.90 Å². The van der Waals surface area contributed by atoms with E-state index in [0.717, 1.165) is 37.3 Å². The van der Waals surface area contributed by atoms with Crippen molar-refractivity contribution >= 4 is 17.1 Å². The third kappa shape index (κ3) is 3.64. The van der Waals surface area contributed by atoms with E-state index in [-0.39, 0.29) is 5.78 Å². The summed E-state index contributed by atoms with van der Waals surface area (Å²) in [5.74, 6) is 0.222. The van der Waals surface area contributed by atoms with Gasteiger partial charge in [-0.1, -0.05) is 6.92 Å². The lowest BCUT2D eigenvalue weighted by Crippen LogP contribution is -2.32. The van der Waals surface area contributed by atoms with Gasteiger partial charge in [-0.15, -0.1) is 11.3 Å². The minimum absolute atomic E-state index is 0.222. The number of Topliss-reactive ketones (excluding diaryl/α,β-unsaturated/α-hetero) is 1. The van der Waals surface area contributed by atoms with Crippen LogP contribution in [0.1, 0.15) is 34.3 Å². The maximum absolute atomic E-state index is 12.1. The molecule has 1 saturated heterocycles. The topological polar surface area (TPSA) is 29.5 Å². The molecule has 1 aromatic heterocycles. The standard InChI is InChI=1S/C14H21NO2S/c1-3-12-6-7-14(18-12)13(16)10-15(2)9-11-5-4-8-17-11/h6-7,11H,3-5,8-10H2,1-2H3. The van der Waals surface area contributed by atoms with E-state index in [2.05, 4.69) is 17.9 Å². The van der Waals surface area contributed by atoms with Crippen LogP contribution in [0.4, 0.5) is 0 Å². The second kappa shape index (κ2) is 6.45. The van der Waals surface area contributed by atoms with Gasteiger partial charge < -0.3 is 4.74 Å². The van der Waals surface area contributed by atoms with Crippen molar-refractivity contribution in [1.29, 1.82) is 0 Å². The number of rotatable bonds is 6. The lowest BCUT2D eigenvalue weighted by Gasteiger charge is -2.19. The number of likely N-dealkylation sites (N-methyl/N-ethyl adjacent to an activating group) is 1. The van der Waals surface area contributed by atoms with E-state index < -0.39 is 0 Å².